The fourth-order valence-electron chi connectivity index (χ4n) is 4.23. The Morgan fingerprint density at radius 3 is 2.46 bits per heavy atom. The van der Waals surface area contributed by atoms with Crippen LogP contribution in [0.2, 0.25) is 0 Å². The lowest BCUT2D eigenvalue weighted by Crippen LogP contribution is -2.51. The number of hydrogen-bond donors (Lipinski definition) is 2. The average molecular weight is 569 g/mol. The topological polar surface area (TPSA) is 148 Å². The summed E-state index contributed by atoms with van der Waals surface area (Å²) in [5.74, 6) is 0.180. The number of anilines is 2. The Hall–Kier alpha value is -3.81. The number of piperazine rings is 1. The SMILES string of the molecule is CC(C)(C)OC(=O)N1CCN(C(=O)c2cc3c(ccc4cnc(Nc5cccc(S(N)(=O)=O)c5)nc43)s2)CC1. The largest absolute Gasteiger partial charge is 0.444 e. The van der Waals surface area contributed by atoms with E-state index in [-0.39, 0.29) is 22.8 Å². The van der Waals surface area contributed by atoms with Crippen LogP contribution in [0.3, 0.4) is 0 Å². The number of benzene rings is 2. The van der Waals surface area contributed by atoms with E-state index in [9.17, 15) is 18.0 Å². The molecule has 204 valence electrons. The Balaban J connectivity index is 1.36. The lowest BCUT2D eigenvalue weighted by Gasteiger charge is -2.35. The number of hydrogen-bond acceptors (Lipinski definition) is 9. The second-order valence-corrected chi connectivity index (χ2v) is 12.8. The lowest BCUT2D eigenvalue weighted by molar-refractivity contribution is 0.0141. The van der Waals surface area contributed by atoms with Crippen molar-refractivity contribution in [2.75, 3.05) is 31.5 Å². The maximum atomic E-state index is 13.3. The number of thiophene rings is 1. The van der Waals surface area contributed by atoms with Crippen LogP contribution in [-0.2, 0) is 14.8 Å². The van der Waals surface area contributed by atoms with Gasteiger partial charge in [0.25, 0.3) is 5.91 Å². The van der Waals surface area contributed by atoms with Gasteiger partial charge in [0.2, 0.25) is 16.0 Å². The van der Waals surface area contributed by atoms with Gasteiger partial charge in [-0.05, 0) is 57.2 Å². The van der Waals surface area contributed by atoms with E-state index >= 15 is 0 Å². The molecule has 0 saturated carbocycles. The maximum absolute atomic E-state index is 13.3. The number of nitrogens with zero attached hydrogens (tertiary/aromatic N) is 4. The Labute approximate surface area is 229 Å². The molecular weight excluding hydrogens is 540 g/mol. The zero-order chi connectivity index (χ0) is 27.9. The van der Waals surface area contributed by atoms with Crippen molar-refractivity contribution in [3.05, 3.63) is 53.5 Å². The molecule has 3 N–H and O–H groups in total. The first-order valence-electron chi connectivity index (χ1n) is 12.2. The molecule has 0 bridgehead atoms. The summed E-state index contributed by atoms with van der Waals surface area (Å²) >= 11 is 1.39. The van der Waals surface area contributed by atoms with E-state index in [0.717, 1.165) is 15.5 Å². The molecule has 0 radical (unpaired) electrons. The Morgan fingerprint density at radius 1 is 1.05 bits per heavy atom. The maximum Gasteiger partial charge on any atom is 0.410 e. The van der Waals surface area contributed by atoms with E-state index in [4.69, 9.17) is 9.88 Å². The molecule has 2 amide bonds. The smallest absolute Gasteiger partial charge is 0.410 e. The molecule has 5 rings (SSSR count). The minimum atomic E-state index is -3.85. The highest BCUT2D eigenvalue weighted by atomic mass is 32.2. The molecule has 1 aliphatic heterocycles. The summed E-state index contributed by atoms with van der Waals surface area (Å²) in [6.45, 7) is 7.12. The van der Waals surface area contributed by atoms with Crippen molar-refractivity contribution in [1.82, 2.24) is 19.8 Å². The van der Waals surface area contributed by atoms with Gasteiger partial charge >= 0.3 is 6.09 Å². The summed E-state index contributed by atoms with van der Waals surface area (Å²) in [5.41, 5.74) is 0.565. The molecule has 1 aliphatic rings. The van der Waals surface area contributed by atoms with Crippen LogP contribution in [-0.4, -0.2) is 72.0 Å². The van der Waals surface area contributed by atoms with Gasteiger partial charge in [-0.1, -0.05) is 6.07 Å². The predicted molar refractivity (Wildman–Crippen MR) is 150 cm³/mol. The minimum Gasteiger partial charge on any atom is -0.444 e. The quantitative estimate of drug-likeness (QED) is 0.376. The van der Waals surface area contributed by atoms with Crippen molar-refractivity contribution in [3.63, 3.8) is 0 Å². The predicted octanol–water partition coefficient (Wildman–Crippen LogP) is 3.93. The number of nitrogens with one attached hydrogen (secondary N) is 1. The van der Waals surface area contributed by atoms with Gasteiger partial charge in [-0.3, -0.25) is 4.79 Å². The van der Waals surface area contributed by atoms with Gasteiger partial charge in [-0.15, -0.1) is 11.3 Å². The standard InChI is InChI=1S/C26H28N6O5S2/c1-26(2,3)37-25(34)32-11-9-31(10-12-32)23(33)21-14-19-20(38-21)8-7-16-15-28-24(30-22(16)19)29-17-5-4-6-18(13-17)39(27,35)36/h4-8,13-15H,9-12H2,1-3H3,(H2,27,35,36)(H,28,29,30). The highest BCUT2D eigenvalue weighted by molar-refractivity contribution is 7.89. The van der Waals surface area contributed by atoms with Crippen LogP contribution in [0.4, 0.5) is 16.4 Å². The summed E-state index contributed by atoms with van der Waals surface area (Å²) in [6, 6.07) is 11.8. The van der Waals surface area contributed by atoms with E-state index < -0.39 is 15.6 Å². The van der Waals surface area contributed by atoms with E-state index in [1.54, 1.807) is 28.1 Å². The number of amides is 2. The first-order valence-corrected chi connectivity index (χ1v) is 14.6. The molecule has 4 aromatic rings. The third-order valence-corrected chi connectivity index (χ3v) is 8.09. The third kappa shape index (κ3) is 5.95. The van der Waals surface area contributed by atoms with E-state index in [1.165, 1.54) is 23.5 Å². The van der Waals surface area contributed by atoms with Crippen LogP contribution < -0.4 is 10.5 Å². The van der Waals surface area contributed by atoms with Crippen molar-refractivity contribution in [1.29, 1.82) is 0 Å². The first kappa shape index (κ1) is 26.8. The van der Waals surface area contributed by atoms with Crippen LogP contribution in [0.25, 0.3) is 21.0 Å². The average Bonchev–Trinajstić information content (AvgIpc) is 3.32. The van der Waals surface area contributed by atoms with Gasteiger partial charge in [0, 0.05) is 53.5 Å². The number of rotatable bonds is 4. The van der Waals surface area contributed by atoms with Crippen molar-refractivity contribution in [2.24, 2.45) is 5.14 Å². The molecule has 13 heteroatoms. The van der Waals surface area contributed by atoms with Crippen LogP contribution >= 0.6 is 11.3 Å². The van der Waals surface area contributed by atoms with Gasteiger partial charge in [0.05, 0.1) is 15.3 Å². The molecule has 11 nitrogen and oxygen atoms in total. The van der Waals surface area contributed by atoms with Gasteiger partial charge in [-0.2, -0.15) is 0 Å². The third-order valence-electron chi connectivity index (χ3n) is 6.10. The zero-order valence-electron chi connectivity index (χ0n) is 21.7. The summed E-state index contributed by atoms with van der Waals surface area (Å²) in [5, 5.41) is 9.88. The van der Waals surface area contributed by atoms with E-state index in [0.29, 0.717) is 42.3 Å². The van der Waals surface area contributed by atoms with Crippen molar-refractivity contribution in [3.8, 4) is 0 Å². The number of fused-ring (bicyclic) bond motifs is 3. The molecular formula is C26H28N6O5S2. The molecule has 0 unspecified atom stereocenters. The number of ether oxygens (including phenoxy) is 1. The van der Waals surface area contributed by atoms with Crippen molar-refractivity contribution >= 4 is 66.0 Å². The second-order valence-electron chi connectivity index (χ2n) is 10.2. The highest BCUT2D eigenvalue weighted by Crippen LogP contribution is 2.32. The molecule has 3 heterocycles. The molecule has 0 atom stereocenters. The molecule has 1 saturated heterocycles. The van der Waals surface area contributed by atoms with E-state index in [2.05, 4.69) is 15.3 Å². The zero-order valence-corrected chi connectivity index (χ0v) is 23.3. The monoisotopic (exact) mass is 568 g/mol. The van der Waals surface area contributed by atoms with Gasteiger partial charge in [0.15, 0.2) is 0 Å². The molecule has 39 heavy (non-hydrogen) atoms. The number of sulfonamides is 1. The molecule has 1 fully saturated rings. The second kappa shape index (κ2) is 10.1. The summed E-state index contributed by atoms with van der Waals surface area (Å²) in [6.07, 6.45) is 1.30. The lowest BCUT2D eigenvalue weighted by atomic mass is 10.1. The van der Waals surface area contributed by atoms with Crippen LogP contribution in [0, 0.1) is 0 Å². The van der Waals surface area contributed by atoms with Crippen LogP contribution in [0.1, 0.15) is 30.4 Å². The number of aromatic nitrogens is 2. The highest BCUT2D eigenvalue weighted by Gasteiger charge is 2.29. The number of primary sulfonamides is 1. The molecule has 2 aromatic carbocycles. The van der Waals surface area contributed by atoms with E-state index in [1.807, 2.05) is 39.0 Å². The van der Waals surface area contributed by atoms with Gasteiger partial charge in [-0.25, -0.2) is 28.3 Å². The normalized spacial score (nSPS) is 14.6. The first-order chi connectivity index (χ1) is 18.4. The molecule has 0 spiro atoms. The number of carbonyl (C=O) groups excluding carboxylic acids is 2. The number of carbonyl (C=O) groups is 2. The Morgan fingerprint density at radius 2 is 1.77 bits per heavy atom. The van der Waals surface area contributed by atoms with Crippen LogP contribution in [0.15, 0.2) is 53.6 Å². The summed E-state index contributed by atoms with van der Waals surface area (Å²) in [7, 11) is -3.85. The van der Waals surface area contributed by atoms with Gasteiger partial charge < -0.3 is 19.9 Å². The van der Waals surface area contributed by atoms with Crippen molar-refractivity contribution < 1.29 is 22.7 Å². The summed E-state index contributed by atoms with van der Waals surface area (Å²) in [4.78, 5) is 38.6. The van der Waals surface area contributed by atoms with Gasteiger partial charge in [0.1, 0.15) is 5.60 Å². The Kier molecular flexibility index (Phi) is 6.91. The fraction of sp³-hybridized carbons (Fsp3) is 0.308. The number of nitrogens with two attached hydrogens (primary N) is 1. The molecule has 0 aliphatic carbocycles. The Bertz CT molecular complexity index is 1690. The fourth-order valence-corrected chi connectivity index (χ4v) is 5.82. The van der Waals surface area contributed by atoms with Crippen LogP contribution in [0.5, 0.6) is 0 Å². The summed E-state index contributed by atoms with van der Waals surface area (Å²) < 4.78 is 29.7. The minimum absolute atomic E-state index is 0.0244. The molecule has 2 aromatic heterocycles. The van der Waals surface area contributed by atoms with Crippen molar-refractivity contribution in [2.45, 2.75) is 31.3 Å².